The first-order valence-electron chi connectivity index (χ1n) is 6.07. The molecule has 4 heteroatoms. The maximum atomic E-state index is 11.1. The number of carbonyl (C=O) groups is 1. The molecule has 16 heavy (non-hydrogen) atoms. The van der Waals surface area contributed by atoms with Crippen molar-refractivity contribution in [2.24, 2.45) is 0 Å². The second-order valence-electron chi connectivity index (χ2n) is 4.30. The molecule has 0 aliphatic carbocycles. The van der Waals surface area contributed by atoms with Gasteiger partial charge in [0, 0.05) is 39.5 Å². The van der Waals surface area contributed by atoms with E-state index in [1.807, 2.05) is 11.2 Å². The summed E-state index contributed by atoms with van der Waals surface area (Å²) in [7, 11) is 0. The van der Waals surface area contributed by atoms with Crippen LogP contribution < -0.4 is 0 Å². The van der Waals surface area contributed by atoms with Crippen LogP contribution in [0.3, 0.4) is 0 Å². The van der Waals surface area contributed by atoms with Gasteiger partial charge in [-0.05, 0) is 19.4 Å². The summed E-state index contributed by atoms with van der Waals surface area (Å²) in [4.78, 5) is 25.4. The molecule has 1 aliphatic rings. The lowest BCUT2D eigenvalue weighted by atomic mass is 10.2. The van der Waals surface area contributed by atoms with Crippen LogP contribution in [-0.4, -0.2) is 54.7 Å². The number of hydrogen-bond acceptors (Lipinski definition) is 3. The van der Waals surface area contributed by atoms with Gasteiger partial charge in [0.15, 0.2) is 6.29 Å². The van der Waals surface area contributed by atoms with E-state index in [1.54, 1.807) is 6.92 Å². The number of rotatable bonds is 6. The number of nitrogens with zero attached hydrogens (tertiary/aromatic N) is 2. The van der Waals surface area contributed by atoms with E-state index in [9.17, 15) is 9.59 Å². The summed E-state index contributed by atoms with van der Waals surface area (Å²) in [5.74, 6) is 0.182. The minimum atomic E-state index is 0.182. The molecule has 0 spiro atoms. The molecule has 0 N–H and O–H groups in total. The molecule has 1 amide bonds. The van der Waals surface area contributed by atoms with E-state index in [2.05, 4.69) is 4.90 Å². The Balaban J connectivity index is 2.03. The minimum Gasteiger partial charge on any atom is -0.340 e. The molecule has 0 unspecified atom stereocenters. The summed E-state index contributed by atoms with van der Waals surface area (Å²) in [6.45, 7) is 6.41. The number of unbranched alkanes of at least 4 members (excludes halogenated alkanes) is 3. The molecule has 91 valence electrons. The fourth-order valence-electron chi connectivity index (χ4n) is 2.00. The highest BCUT2D eigenvalue weighted by Crippen LogP contribution is 2.05. The zero-order chi connectivity index (χ0) is 11.8. The average Bonchev–Trinajstić information content (AvgIpc) is 2.29. The van der Waals surface area contributed by atoms with Gasteiger partial charge < -0.3 is 4.90 Å². The molecule has 0 aromatic rings. The van der Waals surface area contributed by atoms with Gasteiger partial charge in [-0.3, -0.25) is 14.5 Å². The van der Waals surface area contributed by atoms with Crippen molar-refractivity contribution in [3.63, 3.8) is 0 Å². The second kappa shape index (κ2) is 7.39. The van der Waals surface area contributed by atoms with E-state index in [-0.39, 0.29) is 5.91 Å². The van der Waals surface area contributed by atoms with Gasteiger partial charge in [-0.2, -0.15) is 0 Å². The molecule has 0 bridgehead atoms. The topological polar surface area (TPSA) is 40.6 Å². The third-order valence-electron chi connectivity index (χ3n) is 3.07. The van der Waals surface area contributed by atoms with E-state index in [0.717, 1.165) is 52.0 Å². The Kier molecular flexibility index (Phi) is 6.08. The highest BCUT2D eigenvalue weighted by Gasteiger charge is 2.17. The van der Waals surface area contributed by atoms with Crippen LogP contribution in [0.1, 0.15) is 32.6 Å². The molecule has 0 aromatic carbocycles. The molecule has 1 rings (SSSR count). The van der Waals surface area contributed by atoms with Crippen LogP contribution in [0.2, 0.25) is 0 Å². The maximum absolute atomic E-state index is 11.1. The lowest BCUT2D eigenvalue weighted by molar-refractivity contribution is -0.130. The van der Waals surface area contributed by atoms with Gasteiger partial charge in [-0.1, -0.05) is 6.42 Å². The van der Waals surface area contributed by atoms with Crippen molar-refractivity contribution in [3.05, 3.63) is 0 Å². The third kappa shape index (κ3) is 4.75. The summed E-state index contributed by atoms with van der Waals surface area (Å²) >= 11 is 0. The van der Waals surface area contributed by atoms with Crippen molar-refractivity contribution >= 4 is 12.2 Å². The predicted octanol–water partition coefficient (Wildman–Crippen LogP) is 0.821. The van der Waals surface area contributed by atoms with Crippen LogP contribution in [0, 0.1) is 0 Å². The molecule has 1 aliphatic heterocycles. The first kappa shape index (κ1) is 13.2. The first-order valence-corrected chi connectivity index (χ1v) is 6.07. The molecule has 1 heterocycles. The first-order chi connectivity index (χ1) is 7.74. The van der Waals surface area contributed by atoms with Crippen LogP contribution >= 0.6 is 0 Å². The average molecular weight is 225 g/mol. The highest BCUT2D eigenvalue weighted by atomic mass is 16.2. The lowest BCUT2D eigenvalue weighted by Crippen LogP contribution is -2.48. The van der Waals surface area contributed by atoms with Gasteiger partial charge in [-0.15, -0.1) is 0 Å². The van der Waals surface area contributed by atoms with Crippen molar-refractivity contribution in [3.8, 4) is 0 Å². The molecular weight excluding hydrogens is 204 g/mol. The Hall–Kier alpha value is -0.900. The van der Waals surface area contributed by atoms with Crippen LogP contribution in [-0.2, 0) is 9.59 Å². The SMILES string of the molecule is CC(=O)N1CCN(CCCCC[C]=O)CC1. The number of amides is 1. The van der Waals surface area contributed by atoms with Crippen molar-refractivity contribution in [2.75, 3.05) is 32.7 Å². The van der Waals surface area contributed by atoms with E-state index >= 15 is 0 Å². The Labute approximate surface area is 97.6 Å². The normalized spacial score (nSPS) is 17.4. The van der Waals surface area contributed by atoms with Gasteiger partial charge in [0.05, 0.1) is 0 Å². The molecule has 1 saturated heterocycles. The number of hydrogen-bond donors (Lipinski definition) is 0. The zero-order valence-electron chi connectivity index (χ0n) is 10.1. The molecular formula is C12H21N2O2. The van der Waals surface area contributed by atoms with Crippen LogP contribution in [0.4, 0.5) is 0 Å². The largest absolute Gasteiger partial charge is 0.340 e. The van der Waals surface area contributed by atoms with E-state index < -0.39 is 0 Å². The van der Waals surface area contributed by atoms with Gasteiger partial charge >= 0.3 is 0 Å². The molecule has 0 saturated carbocycles. The second-order valence-corrected chi connectivity index (χ2v) is 4.30. The Morgan fingerprint density at radius 1 is 1.12 bits per heavy atom. The third-order valence-corrected chi connectivity index (χ3v) is 3.07. The lowest BCUT2D eigenvalue weighted by Gasteiger charge is -2.34. The summed E-state index contributed by atoms with van der Waals surface area (Å²) in [5, 5.41) is 0. The zero-order valence-corrected chi connectivity index (χ0v) is 10.1. The maximum Gasteiger partial charge on any atom is 0.219 e. The van der Waals surface area contributed by atoms with Crippen LogP contribution in [0.15, 0.2) is 0 Å². The number of piperazine rings is 1. The molecule has 1 fully saturated rings. The quantitative estimate of drug-likeness (QED) is 0.628. The predicted molar refractivity (Wildman–Crippen MR) is 62.9 cm³/mol. The summed E-state index contributed by atoms with van der Waals surface area (Å²) in [6, 6.07) is 0. The summed E-state index contributed by atoms with van der Waals surface area (Å²) in [5.41, 5.74) is 0. The van der Waals surface area contributed by atoms with Gasteiger partial charge in [0.1, 0.15) is 0 Å². The standard InChI is InChI=1S/C12H21N2O2/c1-12(16)14-9-7-13(8-10-14)6-4-2-3-5-11-15/h2-10H2,1H3. The van der Waals surface area contributed by atoms with Crippen molar-refractivity contribution in [1.82, 2.24) is 9.80 Å². The molecule has 0 aromatic heterocycles. The number of carbonyl (C=O) groups excluding carboxylic acids is 2. The van der Waals surface area contributed by atoms with Crippen LogP contribution in [0.25, 0.3) is 0 Å². The van der Waals surface area contributed by atoms with Crippen molar-refractivity contribution < 1.29 is 9.59 Å². The molecule has 0 atom stereocenters. The van der Waals surface area contributed by atoms with E-state index in [0.29, 0.717) is 6.42 Å². The minimum absolute atomic E-state index is 0.182. The van der Waals surface area contributed by atoms with Crippen molar-refractivity contribution in [1.29, 1.82) is 0 Å². The molecule has 4 nitrogen and oxygen atoms in total. The highest BCUT2D eigenvalue weighted by molar-refractivity contribution is 5.73. The van der Waals surface area contributed by atoms with E-state index in [4.69, 9.17) is 0 Å². The summed E-state index contributed by atoms with van der Waals surface area (Å²) in [6.07, 6.45) is 5.68. The van der Waals surface area contributed by atoms with Gasteiger partial charge in [0.25, 0.3) is 0 Å². The fraction of sp³-hybridized carbons (Fsp3) is 0.833. The fourth-order valence-corrected chi connectivity index (χ4v) is 2.00. The van der Waals surface area contributed by atoms with E-state index in [1.165, 1.54) is 0 Å². The van der Waals surface area contributed by atoms with Crippen LogP contribution in [0.5, 0.6) is 0 Å². The Bertz CT molecular complexity index is 223. The monoisotopic (exact) mass is 225 g/mol. The van der Waals surface area contributed by atoms with Crippen molar-refractivity contribution in [2.45, 2.75) is 32.6 Å². The Morgan fingerprint density at radius 2 is 1.81 bits per heavy atom. The Morgan fingerprint density at radius 3 is 2.38 bits per heavy atom. The molecule has 1 radical (unpaired) electrons. The van der Waals surface area contributed by atoms with Gasteiger partial charge in [0.2, 0.25) is 5.91 Å². The smallest absolute Gasteiger partial charge is 0.219 e. The van der Waals surface area contributed by atoms with Gasteiger partial charge in [-0.25, -0.2) is 0 Å². The summed E-state index contributed by atoms with van der Waals surface area (Å²) < 4.78 is 0.